The number of hydrogen-bond acceptors (Lipinski definition) is 3. The second-order valence-corrected chi connectivity index (χ2v) is 6.18. The fourth-order valence-electron chi connectivity index (χ4n) is 2.38. The summed E-state index contributed by atoms with van der Waals surface area (Å²) in [4.78, 5) is 14.5. The van der Waals surface area contributed by atoms with Crippen molar-refractivity contribution in [2.75, 3.05) is 11.9 Å². The van der Waals surface area contributed by atoms with Crippen LogP contribution in [-0.4, -0.2) is 18.1 Å². The summed E-state index contributed by atoms with van der Waals surface area (Å²) in [7, 11) is 1.70. The largest absolute Gasteiger partial charge is 0.360 e. The maximum atomic E-state index is 12.9. The number of amides is 1. The molecule has 0 aliphatic heterocycles. The third kappa shape index (κ3) is 3.16. The molecule has 0 aliphatic rings. The number of carbonyl (C=O) groups excluding carboxylic acids is 1. The molecular formula is C18H14Cl2N2O2. The Hall–Kier alpha value is -2.30. The molecule has 0 saturated carbocycles. The van der Waals surface area contributed by atoms with E-state index in [0.717, 1.165) is 11.3 Å². The minimum atomic E-state index is -0.207. The molecule has 0 fully saturated rings. The van der Waals surface area contributed by atoms with Crippen LogP contribution in [0.1, 0.15) is 16.1 Å². The Morgan fingerprint density at radius 2 is 1.54 bits per heavy atom. The summed E-state index contributed by atoms with van der Waals surface area (Å²) in [5, 5.41) is 5.27. The van der Waals surface area contributed by atoms with Gasteiger partial charge in [0.25, 0.3) is 5.91 Å². The average Bonchev–Trinajstić information content (AvgIpc) is 2.96. The molecule has 0 saturated heterocycles. The number of nitrogens with zero attached hydrogens (tertiary/aromatic N) is 2. The Labute approximate surface area is 149 Å². The van der Waals surface area contributed by atoms with Crippen molar-refractivity contribution in [2.24, 2.45) is 0 Å². The zero-order valence-electron chi connectivity index (χ0n) is 13.1. The summed E-state index contributed by atoms with van der Waals surface area (Å²) in [6, 6.07) is 14.1. The van der Waals surface area contributed by atoms with Crippen LogP contribution in [0.4, 0.5) is 5.69 Å². The van der Waals surface area contributed by atoms with Crippen LogP contribution in [-0.2, 0) is 0 Å². The lowest BCUT2D eigenvalue weighted by molar-refractivity contribution is 0.0992. The summed E-state index contributed by atoms with van der Waals surface area (Å²) in [5.41, 5.74) is 2.42. The van der Waals surface area contributed by atoms with Gasteiger partial charge in [0.05, 0.1) is 0 Å². The standard InChI is InChI=1S/C18H14Cl2N2O2/c1-11-16(17(21-24-11)12-3-5-13(19)6-4-12)18(23)22(2)15-9-7-14(20)8-10-15/h3-10H,1-2H3. The highest BCUT2D eigenvalue weighted by atomic mass is 35.5. The van der Waals surface area contributed by atoms with Gasteiger partial charge in [-0.15, -0.1) is 0 Å². The summed E-state index contributed by atoms with van der Waals surface area (Å²) >= 11 is 11.8. The molecule has 3 aromatic rings. The molecule has 0 N–H and O–H groups in total. The molecule has 122 valence electrons. The van der Waals surface area contributed by atoms with Gasteiger partial charge >= 0.3 is 0 Å². The van der Waals surface area contributed by atoms with E-state index in [2.05, 4.69) is 5.16 Å². The molecule has 3 rings (SSSR count). The molecule has 2 aromatic carbocycles. The van der Waals surface area contributed by atoms with Crippen molar-refractivity contribution >= 4 is 34.8 Å². The lowest BCUT2D eigenvalue weighted by Crippen LogP contribution is -2.26. The van der Waals surface area contributed by atoms with E-state index in [1.165, 1.54) is 4.90 Å². The molecule has 6 heteroatoms. The van der Waals surface area contributed by atoms with Gasteiger partial charge < -0.3 is 9.42 Å². The Morgan fingerprint density at radius 1 is 1.00 bits per heavy atom. The fraction of sp³-hybridized carbons (Fsp3) is 0.111. The zero-order chi connectivity index (χ0) is 17.3. The second kappa shape index (κ2) is 6.67. The molecule has 0 atom stereocenters. The molecule has 1 amide bonds. The maximum Gasteiger partial charge on any atom is 0.263 e. The first-order valence-electron chi connectivity index (χ1n) is 7.23. The van der Waals surface area contributed by atoms with Crippen LogP contribution in [0.3, 0.4) is 0 Å². The van der Waals surface area contributed by atoms with Crippen molar-refractivity contribution < 1.29 is 9.32 Å². The van der Waals surface area contributed by atoms with E-state index >= 15 is 0 Å². The van der Waals surface area contributed by atoms with Crippen molar-refractivity contribution in [2.45, 2.75) is 6.92 Å². The van der Waals surface area contributed by atoms with Gasteiger partial charge in [0.15, 0.2) is 0 Å². The molecule has 0 unspecified atom stereocenters. The highest BCUT2D eigenvalue weighted by Crippen LogP contribution is 2.29. The lowest BCUT2D eigenvalue weighted by Gasteiger charge is -2.17. The predicted octanol–water partition coefficient (Wildman–Crippen LogP) is 5.23. The molecule has 0 radical (unpaired) electrons. The summed E-state index contributed by atoms with van der Waals surface area (Å²) in [6.07, 6.45) is 0. The summed E-state index contributed by atoms with van der Waals surface area (Å²) < 4.78 is 5.25. The van der Waals surface area contributed by atoms with Crippen LogP contribution < -0.4 is 4.90 Å². The predicted molar refractivity (Wildman–Crippen MR) is 95.9 cm³/mol. The van der Waals surface area contributed by atoms with Crippen molar-refractivity contribution in [1.29, 1.82) is 0 Å². The van der Waals surface area contributed by atoms with E-state index in [4.69, 9.17) is 27.7 Å². The Bertz CT molecular complexity index is 871. The van der Waals surface area contributed by atoms with Gasteiger partial charge in [0, 0.05) is 28.3 Å². The number of halogens is 2. The number of benzene rings is 2. The third-order valence-electron chi connectivity index (χ3n) is 3.71. The first-order valence-corrected chi connectivity index (χ1v) is 7.99. The van der Waals surface area contributed by atoms with Gasteiger partial charge in [-0.1, -0.05) is 40.5 Å². The second-order valence-electron chi connectivity index (χ2n) is 5.31. The fourth-order valence-corrected chi connectivity index (χ4v) is 2.63. The van der Waals surface area contributed by atoms with Crippen molar-refractivity contribution in [1.82, 2.24) is 5.16 Å². The smallest absolute Gasteiger partial charge is 0.263 e. The van der Waals surface area contributed by atoms with E-state index in [1.54, 1.807) is 62.5 Å². The van der Waals surface area contributed by atoms with Crippen molar-refractivity contribution in [3.05, 3.63) is 69.9 Å². The number of hydrogen-bond donors (Lipinski definition) is 0. The normalized spacial score (nSPS) is 10.7. The van der Waals surface area contributed by atoms with Crippen LogP contribution in [0, 0.1) is 6.92 Å². The van der Waals surface area contributed by atoms with Gasteiger partial charge in [0.1, 0.15) is 17.0 Å². The SMILES string of the molecule is Cc1onc(-c2ccc(Cl)cc2)c1C(=O)N(C)c1ccc(Cl)cc1. The first kappa shape index (κ1) is 16.6. The van der Waals surface area contributed by atoms with E-state index < -0.39 is 0 Å². The number of rotatable bonds is 3. The minimum absolute atomic E-state index is 0.207. The first-order chi connectivity index (χ1) is 11.5. The van der Waals surface area contributed by atoms with Crippen LogP contribution >= 0.6 is 23.2 Å². The highest BCUT2D eigenvalue weighted by Gasteiger charge is 2.25. The monoisotopic (exact) mass is 360 g/mol. The van der Waals surface area contributed by atoms with Gasteiger partial charge in [-0.05, 0) is 43.3 Å². The molecule has 1 aromatic heterocycles. The molecule has 24 heavy (non-hydrogen) atoms. The quantitative estimate of drug-likeness (QED) is 0.641. The highest BCUT2D eigenvalue weighted by molar-refractivity contribution is 6.31. The van der Waals surface area contributed by atoms with Crippen molar-refractivity contribution in [3.63, 3.8) is 0 Å². The number of anilines is 1. The molecule has 0 spiro atoms. The van der Waals surface area contributed by atoms with Crippen LogP contribution in [0.15, 0.2) is 53.1 Å². The molecule has 0 aliphatic carbocycles. The van der Waals surface area contributed by atoms with Crippen LogP contribution in [0.25, 0.3) is 11.3 Å². The summed E-state index contributed by atoms with van der Waals surface area (Å²) in [6.45, 7) is 1.72. The van der Waals surface area contributed by atoms with Gasteiger partial charge in [-0.2, -0.15) is 0 Å². The summed E-state index contributed by atoms with van der Waals surface area (Å²) in [5.74, 6) is 0.256. The number of aryl methyl sites for hydroxylation is 1. The van der Waals surface area contributed by atoms with E-state index in [9.17, 15) is 4.79 Å². The van der Waals surface area contributed by atoms with E-state index in [0.29, 0.717) is 27.1 Å². The van der Waals surface area contributed by atoms with Crippen LogP contribution in [0.5, 0.6) is 0 Å². The number of aromatic nitrogens is 1. The van der Waals surface area contributed by atoms with E-state index in [-0.39, 0.29) is 5.91 Å². The maximum absolute atomic E-state index is 12.9. The van der Waals surface area contributed by atoms with E-state index in [1.807, 2.05) is 0 Å². The van der Waals surface area contributed by atoms with Crippen molar-refractivity contribution in [3.8, 4) is 11.3 Å². The Kier molecular flexibility index (Phi) is 4.60. The minimum Gasteiger partial charge on any atom is -0.360 e. The van der Waals surface area contributed by atoms with Crippen LogP contribution in [0.2, 0.25) is 10.0 Å². The molecule has 1 heterocycles. The molecular weight excluding hydrogens is 347 g/mol. The van der Waals surface area contributed by atoms with Gasteiger partial charge in [-0.25, -0.2) is 0 Å². The third-order valence-corrected chi connectivity index (χ3v) is 4.22. The van der Waals surface area contributed by atoms with Gasteiger partial charge in [-0.3, -0.25) is 4.79 Å². The lowest BCUT2D eigenvalue weighted by atomic mass is 10.1. The topological polar surface area (TPSA) is 46.3 Å². The zero-order valence-corrected chi connectivity index (χ0v) is 14.6. The Balaban J connectivity index is 1.99. The Morgan fingerprint density at radius 3 is 2.12 bits per heavy atom. The molecule has 0 bridgehead atoms. The number of carbonyl (C=O) groups is 1. The average molecular weight is 361 g/mol. The van der Waals surface area contributed by atoms with Gasteiger partial charge in [0.2, 0.25) is 0 Å². The molecule has 4 nitrogen and oxygen atoms in total.